The lowest BCUT2D eigenvalue weighted by molar-refractivity contribution is 0.0693. The average Bonchev–Trinajstić information content (AvgIpc) is 2.62. The lowest BCUT2D eigenvalue weighted by Gasteiger charge is -2.32. The Morgan fingerprint density at radius 3 is 2.56 bits per heavy atom. The van der Waals surface area contributed by atoms with Gasteiger partial charge in [-0.2, -0.15) is 0 Å². The molecule has 3 rings (SSSR count). The monoisotopic (exact) mass is 343 g/mol. The van der Waals surface area contributed by atoms with Gasteiger partial charge in [-0.1, -0.05) is 12.1 Å². The van der Waals surface area contributed by atoms with Crippen LogP contribution in [0.15, 0.2) is 42.6 Å². The molecule has 0 aliphatic carbocycles. The van der Waals surface area contributed by atoms with Crippen molar-refractivity contribution in [3.63, 3.8) is 0 Å². The number of benzene rings is 1. The number of rotatable bonds is 3. The van der Waals surface area contributed by atoms with E-state index in [9.17, 15) is 19.1 Å². The molecular weight excluding hydrogens is 325 g/mol. The molecule has 2 aromatic rings. The number of aromatic hydroxyl groups is 1. The van der Waals surface area contributed by atoms with E-state index in [4.69, 9.17) is 0 Å². The largest absolute Gasteiger partial charge is 0.505 e. The number of carbonyl (C=O) groups excluding carboxylic acids is 2. The van der Waals surface area contributed by atoms with Crippen LogP contribution in [0.3, 0.4) is 0 Å². The third-order valence-electron chi connectivity index (χ3n) is 4.22. The number of piperidine rings is 1. The molecule has 1 saturated heterocycles. The third-order valence-corrected chi connectivity index (χ3v) is 4.22. The first kappa shape index (κ1) is 16.9. The molecule has 1 aliphatic heterocycles. The van der Waals surface area contributed by atoms with Crippen molar-refractivity contribution in [2.24, 2.45) is 0 Å². The lowest BCUT2D eigenvalue weighted by Crippen LogP contribution is -2.46. The van der Waals surface area contributed by atoms with E-state index >= 15 is 0 Å². The Labute approximate surface area is 144 Å². The van der Waals surface area contributed by atoms with Crippen molar-refractivity contribution < 1.29 is 19.1 Å². The van der Waals surface area contributed by atoms with E-state index in [-0.39, 0.29) is 29.0 Å². The third kappa shape index (κ3) is 3.76. The highest BCUT2D eigenvalue weighted by atomic mass is 19.1. The van der Waals surface area contributed by atoms with Crippen molar-refractivity contribution in [2.45, 2.75) is 18.9 Å². The summed E-state index contributed by atoms with van der Waals surface area (Å²) in [4.78, 5) is 30.0. The molecule has 7 heteroatoms. The molecule has 6 nitrogen and oxygen atoms in total. The van der Waals surface area contributed by atoms with Gasteiger partial charge in [-0.05, 0) is 37.1 Å². The number of carbonyl (C=O) groups is 2. The zero-order valence-corrected chi connectivity index (χ0v) is 13.5. The van der Waals surface area contributed by atoms with E-state index in [2.05, 4.69) is 10.3 Å². The van der Waals surface area contributed by atoms with Crippen LogP contribution in [-0.4, -0.2) is 45.9 Å². The van der Waals surface area contributed by atoms with Gasteiger partial charge in [0.25, 0.3) is 11.8 Å². The van der Waals surface area contributed by atoms with Gasteiger partial charge in [-0.15, -0.1) is 0 Å². The summed E-state index contributed by atoms with van der Waals surface area (Å²) in [6.45, 7) is 0.846. The zero-order chi connectivity index (χ0) is 17.8. The highest BCUT2D eigenvalue weighted by Crippen LogP contribution is 2.17. The number of nitrogens with one attached hydrogen (secondary N) is 1. The maximum atomic E-state index is 13.7. The number of likely N-dealkylation sites (tertiary alicyclic amines) is 1. The molecule has 0 saturated carbocycles. The van der Waals surface area contributed by atoms with Crippen molar-refractivity contribution in [2.75, 3.05) is 13.1 Å². The normalized spacial score (nSPS) is 15.0. The molecule has 0 radical (unpaired) electrons. The molecule has 1 fully saturated rings. The van der Waals surface area contributed by atoms with Gasteiger partial charge in [-0.3, -0.25) is 9.59 Å². The summed E-state index contributed by atoms with van der Waals surface area (Å²) < 4.78 is 13.7. The topological polar surface area (TPSA) is 82.5 Å². The van der Waals surface area contributed by atoms with Crippen LogP contribution in [0.1, 0.15) is 33.7 Å². The van der Waals surface area contributed by atoms with Crippen LogP contribution in [-0.2, 0) is 0 Å². The summed E-state index contributed by atoms with van der Waals surface area (Å²) in [5.74, 6) is -1.50. The fraction of sp³-hybridized carbons (Fsp3) is 0.278. The smallest absolute Gasteiger partial charge is 0.273 e. The molecule has 2 amide bonds. The van der Waals surface area contributed by atoms with Crippen LogP contribution in [0.25, 0.3) is 0 Å². The second-order valence-electron chi connectivity index (χ2n) is 5.89. The van der Waals surface area contributed by atoms with Crippen LogP contribution in [0.2, 0.25) is 0 Å². The maximum Gasteiger partial charge on any atom is 0.273 e. The molecule has 25 heavy (non-hydrogen) atoms. The van der Waals surface area contributed by atoms with E-state index in [1.54, 1.807) is 23.1 Å². The van der Waals surface area contributed by atoms with Crippen molar-refractivity contribution in [1.29, 1.82) is 0 Å². The van der Waals surface area contributed by atoms with Crippen molar-refractivity contribution in [1.82, 2.24) is 15.2 Å². The Balaban J connectivity index is 1.57. The summed E-state index contributed by atoms with van der Waals surface area (Å²) >= 11 is 0. The lowest BCUT2D eigenvalue weighted by atomic mass is 10.0. The molecule has 1 aromatic heterocycles. The number of halogens is 1. The van der Waals surface area contributed by atoms with Crippen LogP contribution in [0.5, 0.6) is 5.75 Å². The first-order chi connectivity index (χ1) is 12.1. The SMILES string of the molecule is O=C(NC1CCN(C(=O)c2ccccc2F)CC1)c1ncccc1O. The molecule has 1 aromatic carbocycles. The van der Waals surface area contributed by atoms with Crippen LogP contribution in [0, 0.1) is 5.82 Å². The van der Waals surface area contributed by atoms with Crippen molar-refractivity contribution >= 4 is 11.8 Å². The Hall–Kier alpha value is -2.96. The Morgan fingerprint density at radius 2 is 1.88 bits per heavy atom. The fourth-order valence-corrected chi connectivity index (χ4v) is 2.86. The summed E-state index contributed by atoms with van der Waals surface area (Å²) in [6.07, 6.45) is 2.55. The minimum absolute atomic E-state index is 0.0210. The molecule has 130 valence electrons. The zero-order valence-electron chi connectivity index (χ0n) is 13.5. The van der Waals surface area contributed by atoms with Gasteiger partial charge in [0.2, 0.25) is 0 Å². The summed E-state index contributed by atoms with van der Waals surface area (Å²) in [7, 11) is 0. The highest BCUT2D eigenvalue weighted by Gasteiger charge is 2.26. The summed E-state index contributed by atoms with van der Waals surface area (Å²) in [5.41, 5.74) is 0.0377. The second-order valence-corrected chi connectivity index (χ2v) is 5.89. The van der Waals surface area contributed by atoms with E-state index in [0.717, 1.165) is 0 Å². The van der Waals surface area contributed by atoms with Gasteiger partial charge in [0.05, 0.1) is 5.56 Å². The molecule has 1 aliphatic rings. The Bertz CT molecular complexity index is 789. The minimum Gasteiger partial charge on any atom is -0.505 e. The first-order valence-corrected chi connectivity index (χ1v) is 8.05. The van der Waals surface area contributed by atoms with Gasteiger partial charge in [0.1, 0.15) is 11.6 Å². The fourth-order valence-electron chi connectivity index (χ4n) is 2.86. The molecule has 0 unspecified atom stereocenters. The van der Waals surface area contributed by atoms with Crippen LogP contribution < -0.4 is 5.32 Å². The minimum atomic E-state index is -0.534. The predicted molar refractivity (Wildman–Crippen MR) is 88.7 cm³/mol. The van der Waals surface area contributed by atoms with Crippen molar-refractivity contribution in [3.05, 3.63) is 59.7 Å². The van der Waals surface area contributed by atoms with Gasteiger partial charge in [0.15, 0.2) is 5.69 Å². The molecule has 0 atom stereocenters. The molecule has 0 spiro atoms. The Kier molecular flexibility index (Phi) is 4.92. The molecule has 0 bridgehead atoms. The number of pyridine rings is 1. The quantitative estimate of drug-likeness (QED) is 0.892. The number of nitrogens with zero attached hydrogens (tertiary/aromatic N) is 2. The molecular formula is C18H18FN3O3. The van der Waals surface area contributed by atoms with Gasteiger partial charge in [-0.25, -0.2) is 9.37 Å². The number of aromatic nitrogens is 1. The number of hydrogen-bond acceptors (Lipinski definition) is 4. The standard InChI is InChI=1S/C18H18FN3O3/c19-14-5-2-1-4-13(14)18(25)22-10-7-12(8-11-22)21-17(24)16-15(23)6-3-9-20-16/h1-6,9,12,23H,7-8,10-11H2,(H,21,24). The van der Waals surface area contributed by atoms with Gasteiger partial charge < -0.3 is 15.3 Å². The van der Waals surface area contributed by atoms with Crippen LogP contribution in [0.4, 0.5) is 4.39 Å². The van der Waals surface area contributed by atoms with E-state index < -0.39 is 11.7 Å². The van der Waals surface area contributed by atoms with Crippen molar-refractivity contribution in [3.8, 4) is 5.75 Å². The number of hydrogen-bond donors (Lipinski definition) is 2. The van der Waals surface area contributed by atoms with E-state index in [1.165, 1.54) is 24.4 Å². The van der Waals surface area contributed by atoms with E-state index in [1.807, 2.05) is 0 Å². The second kappa shape index (κ2) is 7.29. The molecule has 2 N–H and O–H groups in total. The van der Waals surface area contributed by atoms with Crippen LogP contribution >= 0.6 is 0 Å². The highest BCUT2D eigenvalue weighted by molar-refractivity contribution is 5.95. The summed E-state index contributed by atoms with van der Waals surface area (Å²) in [5, 5.41) is 12.5. The number of amides is 2. The molecule has 2 heterocycles. The Morgan fingerprint density at radius 1 is 1.16 bits per heavy atom. The van der Waals surface area contributed by atoms with Gasteiger partial charge >= 0.3 is 0 Å². The first-order valence-electron chi connectivity index (χ1n) is 8.05. The van der Waals surface area contributed by atoms with Gasteiger partial charge in [0, 0.05) is 25.3 Å². The summed E-state index contributed by atoms with van der Waals surface area (Å²) in [6, 6.07) is 8.72. The maximum absolute atomic E-state index is 13.7. The average molecular weight is 343 g/mol. The predicted octanol–water partition coefficient (Wildman–Crippen LogP) is 1.96. The van der Waals surface area contributed by atoms with E-state index in [0.29, 0.717) is 25.9 Å².